The summed E-state index contributed by atoms with van der Waals surface area (Å²) >= 11 is 0. The minimum absolute atomic E-state index is 0.0658. The van der Waals surface area contributed by atoms with Crippen LogP contribution < -0.4 is 22.2 Å². The maximum absolute atomic E-state index is 14.7. The topological polar surface area (TPSA) is 103 Å². The summed E-state index contributed by atoms with van der Waals surface area (Å²) in [7, 11) is 0. The fourth-order valence-corrected chi connectivity index (χ4v) is 4.29. The molecule has 0 saturated heterocycles. The molecule has 0 atom stereocenters. The van der Waals surface area contributed by atoms with E-state index in [1.165, 1.54) is 6.07 Å². The number of anilines is 3. The number of pyridine rings is 2. The van der Waals surface area contributed by atoms with E-state index in [1.807, 2.05) is 6.92 Å². The lowest BCUT2D eigenvalue weighted by Gasteiger charge is -2.19. The molecule has 1 saturated carbocycles. The SMILES string of the molecule is Cc1ccc(Nc2c(C)c(=O)oc3c(-c4ccnc(N)c4)c(C)n(C4CC4)c(=O)c23)c(F)c1. The highest BCUT2D eigenvalue weighted by molar-refractivity contribution is 6.01. The lowest BCUT2D eigenvalue weighted by atomic mass is 10.0. The van der Waals surface area contributed by atoms with Crippen molar-refractivity contribution in [2.75, 3.05) is 11.1 Å². The second kappa shape index (κ2) is 7.58. The van der Waals surface area contributed by atoms with Gasteiger partial charge in [-0.3, -0.25) is 4.79 Å². The first-order valence-electron chi connectivity index (χ1n) is 10.7. The molecule has 0 radical (unpaired) electrons. The first kappa shape index (κ1) is 20.9. The minimum Gasteiger partial charge on any atom is -0.421 e. The molecule has 1 aliphatic carbocycles. The zero-order valence-electron chi connectivity index (χ0n) is 18.5. The van der Waals surface area contributed by atoms with Gasteiger partial charge in [-0.15, -0.1) is 0 Å². The van der Waals surface area contributed by atoms with Crippen LogP contribution in [0.1, 0.15) is 35.7 Å². The monoisotopic (exact) mass is 446 g/mol. The molecule has 168 valence electrons. The number of hydrogen-bond acceptors (Lipinski definition) is 6. The molecule has 8 heteroatoms. The molecule has 0 spiro atoms. The molecule has 1 aromatic carbocycles. The third-order valence-corrected chi connectivity index (χ3v) is 6.10. The second-order valence-corrected chi connectivity index (χ2v) is 8.54. The molecule has 0 aliphatic heterocycles. The van der Waals surface area contributed by atoms with Gasteiger partial charge >= 0.3 is 5.63 Å². The van der Waals surface area contributed by atoms with E-state index in [4.69, 9.17) is 10.2 Å². The Bertz CT molecular complexity index is 1550. The summed E-state index contributed by atoms with van der Waals surface area (Å²) in [5.41, 5.74) is 8.50. The maximum atomic E-state index is 14.7. The highest BCUT2D eigenvalue weighted by Gasteiger charge is 2.31. The largest absolute Gasteiger partial charge is 0.421 e. The molecule has 5 rings (SSSR count). The first-order chi connectivity index (χ1) is 15.8. The number of fused-ring (bicyclic) bond motifs is 1. The van der Waals surface area contributed by atoms with Crippen LogP contribution in [0.25, 0.3) is 22.1 Å². The number of benzene rings is 1. The van der Waals surface area contributed by atoms with Crippen LogP contribution in [-0.4, -0.2) is 9.55 Å². The van der Waals surface area contributed by atoms with Crippen LogP contribution >= 0.6 is 0 Å². The Morgan fingerprint density at radius 2 is 1.91 bits per heavy atom. The maximum Gasteiger partial charge on any atom is 0.341 e. The summed E-state index contributed by atoms with van der Waals surface area (Å²) in [4.78, 5) is 30.6. The first-order valence-corrected chi connectivity index (χ1v) is 10.7. The van der Waals surface area contributed by atoms with Crippen molar-refractivity contribution in [2.24, 2.45) is 0 Å². The predicted molar refractivity (Wildman–Crippen MR) is 127 cm³/mol. The van der Waals surface area contributed by atoms with Gasteiger partial charge in [-0.2, -0.15) is 0 Å². The zero-order chi connectivity index (χ0) is 23.4. The predicted octanol–water partition coefficient (Wildman–Crippen LogP) is 4.74. The Hall–Kier alpha value is -3.94. The standard InChI is InChI=1S/C25H23FN4O3/c1-12-4-7-18(17(26)10-12)29-22-13(2)25(32)33-23-20(15-8-9-28-19(27)11-15)14(3)30(16-5-6-16)24(31)21(22)23/h4,7-11,16,29H,5-6H2,1-3H3,(H2,27,28). The Balaban J connectivity index is 1.89. The van der Waals surface area contributed by atoms with E-state index < -0.39 is 11.4 Å². The molecule has 4 aromatic rings. The third kappa shape index (κ3) is 3.47. The molecular weight excluding hydrogens is 423 g/mol. The summed E-state index contributed by atoms with van der Waals surface area (Å²) in [6, 6.07) is 8.23. The van der Waals surface area contributed by atoms with Gasteiger partial charge in [0.15, 0.2) is 5.58 Å². The molecule has 7 nitrogen and oxygen atoms in total. The van der Waals surface area contributed by atoms with Crippen LogP contribution in [-0.2, 0) is 0 Å². The van der Waals surface area contributed by atoms with E-state index >= 15 is 0 Å². The van der Waals surface area contributed by atoms with Crippen LogP contribution in [0.4, 0.5) is 21.6 Å². The molecule has 3 heterocycles. The lowest BCUT2D eigenvalue weighted by molar-refractivity contribution is 0.553. The van der Waals surface area contributed by atoms with Gasteiger partial charge < -0.3 is 20.0 Å². The van der Waals surface area contributed by atoms with Crippen molar-refractivity contribution in [3.8, 4) is 11.1 Å². The lowest BCUT2D eigenvalue weighted by Crippen LogP contribution is -2.25. The van der Waals surface area contributed by atoms with Gasteiger partial charge in [0.1, 0.15) is 17.0 Å². The van der Waals surface area contributed by atoms with Gasteiger partial charge in [0, 0.05) is 23.5 Å². The number of nitrogen functional groups attached to an aromatic ring is 1. The van der Waals surface area contributed by atoms with Crippen molar-refractivity contribution in [1.82, 2.24) is 9.55 Å². The minimum atomic E-state index is -0.608. The normalized spacial score (nSPS) is 13.5. The quantitative estimate of drug-likeness (QED) is 0.469. The Morgan fingerprint density at radius 3 is 2.58 bits per heavy atom. The van der Waals surface area contributed by atoms with E-state index in [-0.39, 0.29) is 39.5 Å². The summed E-state index contributed by atoms with van der Waals surface area (Å²) < 4.78 is 22.1. The molecule has 33 heavy (non-hydrogen) atoms. The summed E-state index contributed by atoms with van der Waals surface area (Å²) in [5, 5.41) is 3.21. The van der Waals surface area contributed by atoms with Crippen LogP contribution in [0.2, 0.25) is 0 Å². The molecule has 0 unspecified atom stereocenters. The molecular formula is C25H23FN4O3. The van der Waals surface area contributed by atoms with Crippen LogP contribution in [0, 0.1) is 26.6 Å². The number of nitrogens with one attached hydrogen (secondary N) is 1. The van der Waals surface area contributed by atoms with Gasteiger partial charge in [-0.25, -0.2) is 14.2 Å². The van der Waals surface area contributed by atoms with Crippen molar-refractivity contribution >= 4 is 28.2 Å². The molecule has 1 aliphatic rings. The Kier molecular flexibility index (Phi) is 4.81. The van der Waals surface area contributed by atoms with Gasteiger partial charge in [0.2, 0.25) is 0 Å². The highest BCUT2D eigenvalue weighted by atomic mass is 19.1. The summed E-state index contributed by atoms with van der Waals surface area (Å²) in [5.74, 6) is -0.175. The third-order valence-electron chi connectivity index (χ3n) is 6.10. The van der Waals surface area contributed by atoms with Gasteiger partial charge in [-0.05, 0) is 69.0 Å². The van der Waals surface area contributed by atoms with E-state index in [1.54, 1.807) is 48.9 Å². The summed E-state index contributed by atoms with van der Waals surface area (Å²) in [6.45, 7) is 5.18. The summed E-state index contributed by atoms with van der Waals surface area (Å²) in [6.07, 6.45) is 3.33. The smallest absolute Gasteiger partial charge is 0.341 e. The average molecular weight is 446 g/mol. The fourth-order valence-electron chi connectivity index (χ4n) is 4.29. The second-order valence-electron chi connectivity index (χ2n) is 8.54. The van der Waals surface area contributed by atoms with Gasteiger partial charge in [0.05, 0.1) is 16.9 Å². The fraction of sp³-hybridized carbons (Fsp3) is 0.240. The number of nitrogens with zero attached hydrogens (tertiary/aromatic N) is 2. The van der Waals surface area contributed by atoms with Crippen molar-refractivity contribution in [3.05, 3.63) is 79.9 Å². The molecule has 0 bridgehead atoms. The molecule has 3 N–H and O–H groups in total. The number of hydrogen-bond donors (Lipinski definition) is 2. The number of aromatic nitrogens is 2. The average Bonchev–Trinajstić information content (AvgIpc) is 3.58. The van der Waals surface area contributed by atoms with Gasteiger partial charge in [0.25, 0.3) is 5.56 Å². The number of aryl methyl sites for hydroxylation is 1. The van der Waals surface area contributed by atoms with Crippen LogP contribution in [0.3, 0.4) is 0 Å². The zero-order valence-corrected chi connectivity index (χ0v) is 18.5. The van der Waals surface area contributed by atoms with Crippen molar-refractivity contribution in [2.45, 2.75) is 39.7 Å². The Morgan fingerprint density at radius 1 is 1.15 bits per heavy atom. The van der Waals surface area contributed by atoms with Crippen LogP contribution in [0.15, 0.2) is 50.5 Å². The molecule has 3 aromatic heterocycles. The number of rotatable bonds is 4. The van der Waals surface area contributed by atoms with E-state index in [9.17, 15) is 14.0 Å². The van der Waals surface area contributed by atoms with Crippen molar-refractivity contribution in [1.29, 1.82) is 0 Å². The van der Waals surface area contributed by atoms with Gasteiger partial charge in [-0.1, -0.05) is 6.07 Å². The molecule has 0 amide bonds. The number of halogens is 1. The van der Waals surface area contributed by atoms with E-state index in [2.05, 4.69) is 10.3 Å². The number of nitrogens with two attached hydrogens (primary N) is 1. The van der Waals surface area contributed by atoms with E-state index in [0.29, 0.717) is 22.6 Å². The van der Waals surface area contributed by atoms with Crippen molar-refractivity contribution < 1.29 is 8.81 Å². The van der Waals surface area contributed by atoms with Crippen LogP contribution in [0.5, 0.6) is 0 Å². The van der Waals surface area contributed by atoms with Crippen molar-refractivity contribution in [3.63, 3.8) is 0 Å². The molecule has 1 fully saturated rings. The highest BCUT2D eigenvalue weighted by Crippen LogP contribution is 2.40. The Labute approximate surface area is 188 Å². The van der Waals surface area contributed by atoms with E-state index in [0.717, 1.165) is 18.4 Å².